The predicted octanol–water partition coefficient (Wildman–Crippen LogP) is 3.15. The smallest absolute Gasteiger partial charge is 0.305 e. The number of carbonyl (C=O) groups excluding carboxylic acids is 1. The zero-order valence-corrected chi connectivity index (χ0v) is 17.3. The van der Waals surface area contributed by atoms with Crippen molar-refractivity contribution in [2.75, 3.05) is 5.32 Å². The highest BCUT2D eigenvalue weighted by atomic mass is 32.2. The first kappa shape index (κ1) is 18.4. The van der Waals surface area contributed by atoms with Gasteiger partial charge in [0.05, 0.1) is 23.6 Å². The molecule has 2 aromatic rings. The van der Waals surface area contributed by atoms with Crippen molar-refractivity contribution in [3.05, 3.63) is 34.5 Å². The number of nitrogens with two attached hydrogens (primary N) is 1. The van der Waals surface area contributed by atoms with E-state index in [0.29, 0.717) is 0 Å². The lowest BCUT2D eigenvalue weighted by molar-refractivity contribution is 0.260. The minimum absolute atomic E-state index is 0.106. The summed E-state index contributed by atoms with van der Waals surface area (Å²) < 4.78 is 32.2. The van der Waals surface area contributed by atoms with Crippen LogP contribution in [0.5, 0.6) is 0 Å². The highest BCUT2D eigenvalue weighted by Gasteiger charge is 2.51. The summed E-state index contributed by atoms with van der Waals surface area (Å²) in [7, 11) is -3.79. The molecule has 0 aromatic carbocycles. The Hall–Kier alpha value is -2.33. The van der Waals surface area contributed by atoms with Gasteiger partial charge in [-0.3, -0.25) is 9.67 Å². The van der Waals surface area contributed by atoms with E-state index in [1.807, 2.05) is 0 Å². The van der Waals surface area contributed by atoms with Crippen LogP contribution in [0.2, 0.25) is 0 Å². The average molecular weight is 431 g/mol. The summed E-state index contributed by atoms with van der Waals surface area (Å²) in [5, 5.41) is 12.1. The van der Waals surface area contributed by atoms with Gasteiger partial charge in [0.1, 0.15) is 0 Å². The first-order valence-electron chi connectivity index (χ1n) is 10.5. The normalized spacial score (nSPS) is 22.5. The number of nitrogens with one attached hydrogen (secondary N) is 1. The van der Waals surface area contributed by atoms with Crippen LogP contribution in [0.25, 0.3) is 0 Å². The molecule has 2 fully saturated rings. The van der Waals surface area contributed by atoms with Crippen LogP contribution in [0, 0.1) is 5.82 Å². The molecular formula is C20H23FN6O2S. The highest BCUT2D eigenvalue weighted by molar-refractivity contribution is 7.91. The van der Waals surface area contributed by atoms with Crippen molar-refractivity contribution in [3.8, 4) is 0 Å². The molecule has 2 heterocycles. The number of urea groups is 1. The maximum atomic E-state index is 14.3. The quantitative estimate of drug-likeness (QED) is 0.778. The van der Waals surface area contributed by atoms with Crippen LogP contribution >= 0.6 is 0 Å². The van der Waals surface area contributed by atoms with Gasteiger partial charge in [-0.25, -0.2) is 18.5 Å². The zero-order valence-electron chi connectivity index (χ0n) is 16.5. The van der Waals surface area contributed by atoms with Gasteiger partial charge in [-0.1, -0.05) is 0 Å². The van der Waals surface area contributed by atoms with Crippen molar-refractivity contribution in [3.63, 3.8) is 0 Å². The van der Waals surface area contributed by atoms with E-state index in [1.54, 1.807) is 0 Å². The summed E-state index contributed by atoms with van der Waals surface area (Å²) in [5.41, 5.74) is 5.21. The van der Waals surface area contributed by atoms with Crippen LogP contribution in [-0.4, -0.2) is 25.0 Å². The number of rotatable bonds is 3. The standard InChI is InChI=1S/C20H23FN6O2S/c21-14-10-27(11-4-5-11)25-18(14)30(22,29)26-19(28)24-16-12-2-1-3-15(12)23-17-13(16)6-7-20(17)8-9-20/h10-11H,1-9H2,(H3,22,23,24,26,28,29)/t30-/m0/s1. The van der Waals surface area contributed by atoms with Crippen molar-refractivity contribution < 1.29 is 13.4 Å². The molecule has 3 N–H and O–H groups in total. The van der Waals surface area contributed by atoms with E-state index in [0.717, 1.165) is 86.0 Å². The highest BCUT2D eigenvalue weighted by Crippen LogP contribution is 2.58. The van der Waals surface area contributed by atoms with Crippen molar-refractivity contribution in [1.29, 1.82) is 0 Å². The van der Waals surface area contributed by atoms with E-state index in [2.05, 4.69) is 14.8 Å². The molecule has 2 aromatic heterocycles. The van der Waals surface area contributed by atoms with Crippen molar-refractivity contribution in [2.45, 2.75) is 74.3 Å². The Kier molecular flexibility index (Phi) is 3.75. The third-order valence-corrected chi connectivity index (χ3v) is 8.11. The van der Waals surface area contributed by atoms with Gasteiger partial charge < -0.3 is 5.32 Å². The Morgan fingerprint density at radius 1 is 1.27 bits per heavy atom. The third kappa shape index (κ3) is 2.80. The number of hydrogen-bond donors (Lipinski definition) is 2. The lowest BCUT2D eigenvalue weighted by atomic mass is 10.0. The lowest BCUT2D eigenvalue weighted by Crippen LogP contribution is -2.20. The SMILES string of the molecule is N[S@](=O)(=NC(=O)Nc1c2c(nc3c1CCC31CC1)CCC2)c1nn(C2CC2)cc1F. The van der Waals surface area contributed by atoms with Crippen LogP contribution in [-0.2, 0) is 34.6 Å². The molecule has 4 aliphatic rings. The maximum absolute atomic E-state index is 14.3. The van der Waals surface area contributed by atoms with Crippen molar-refractivity contribution >= 4 is 21.6 Å². The number of halogens is 1. The summed E-state index contributed by atoms with van der Waals surface area (Å²) in [6.45, 7) is 0. The molecule has 4 aliphatic carbocycles. The van der Waals surface area contributed by atoms with E-state index in [4.69, 9.17) is 10.1 Å². The summed E-state index contributed by atoms with van der Waals surface area (Å²) in [5.74, 6) is -0.799. The Bertz CT molecular complexity index is 1220. The van der Waals surface area contributed by atoms with Gasteiger partial charge in [0, 0.05) is 11.1 Å². The van der Waals surface area contributed by atoms with E-state index < -0.39 is 26.8 Å². The number of nitrogens with zero attached hydrogens (tertiary/aromatic N) is 4. The molecule has 8 nitrogen and oxygen atoms in total. The van der Waals surface area contributed by atoms with Crippen LogP contribution in [0.4, 0.5) is 14.9 Å². The molecule has 30 heavy (non-hydrogen) atoms. The minimum Gasteiger partial charge on any atom is -0.305 e. The molecule has 10 heteroatoms. The Balaban J connectivity index is 1.35. The molecule has 1 spiro atoms. The second kappa shape index (κ2) is 6.10. The fourth-order valence-electron chi connectivity index (χ4n) is 4.95. The number of anilines is 1. The molecule has 2 amide bonds. The maximum Gasteiger partial charge on any atom is 0.354 e. The summed E-state index contributed by atoms with van der Waals surface area (Å²) in [6, 6.07) is -0.726. The largest absolute Gasteiger partial charge is 0.354 e. The van der Waals surface area contributed by atoms with Gasteiger partial charge in [0.25, 0.3) is 0 Å². The first-order chi connectivity index (χ1) is 14.4. The lowest BCUT2D eigenvalue weighted by Gasteiger charge is -2.16. The monoisotopic (exact) mass is 430 g/mol. The Morgan fingerprint density at radius 2 is 2.07 bits per heavy atom. The first-order valence-corrected chi connectivity index (χ1v) is 12.1. The van der Waals surface area contributed by atoms with E-state index in [-0.39, 0.29) is 11.5 Å². The van der Waals surface area contributed by atoms with Gasteiger partial charge in [-0.2, -0.15) is 5.10 Å². The predicted molar refractivity (Wildman–Crippen MR) is 108 cm³/mol. The number of pyridine rings is 1. The zero-order chi connectivity index (χ0) is 20.7. The topological polar surface area (TPSA) is 115 Å². The van der Waals surface area contributed by atoms with E-state index in [1.165, 1.54) is 10.9 Å². The van der Waals surface area contributed by atoms with Gasteiger partial charge in [0.2, 0.25) is 5.03 Å². The molecule has 6 rings (SSSR count). The molecule has 0 unspecified atom stereocenters. The summed E-state index contributed by atoms with van der Waals surface area (Å²) >= 11 is 0. The van der Waals surface area contributed by atoms with Crippen LogP contribution in [0.15, 0.2) is 15.6 Å². The fraction of sp³-hybridized carbons (Fsp3) is 0.550. The van der Waals surface area contributed by atoms with E-state index in [9.17, 15) is 13.4 Å². The van der Waals surface area contributed by atoms with Gasteiger partial charge >= 0.3 is 6.03 Å². The number of carbonyl (C=O) groups is 1. The molecule has 0 radical (unpaired) electrons. The van der Waals surface area contributed by atoms with Crippen LogP contribution in [0.1, 0.15) is 67.1 Å². The number of aryl methyl sites for hydroxylation is 1. The second-order valence-corrected chi connectivity index (χ2v) is 10.7. The molecule has 2 saturated carbocycles. The molecule has 1 atom stereocenters. The average Bonchev–Trinajstić information content (AvgIpc) is 3.55. The number of fused-ring (bicyclic) bond motifs is 3. The number of amides is 2. The summed E-state index contributed by atoms with van der Waals surface area (Å²) in [4.78, 5) is 17.7. The molecular weight excluding hydrogens is 407 g/mol. The fourth-order valence-corrected chi connectivity index (χ4v) is 5.87. The van der Waals surface area contributed by atoms with E-state index >= 15 is 0 Å². The second-order valence-electron chi connectivity index (χ2n) is 8.96. The molecule has 0 bridgehead atoms. The molecule has 158 valence electrons. The van der Waals surface area contributed by atoms with Crippen molar-refractivity contribution in [1.82, 2.24) is 14.8 Å². The molecule has 0 aliphatic heterocycles. The number of hydrogen-bond acceptors (Lipinski definition) is 4. The number of aromatic nitrogens is 3. The van der Waals surface area contributed by atoms with Gasteiger partial charge in [-0.05, 0) is 68.9 Å². The van der Waals surface area contributed by atoms with Gasteiger partial charge in [-0.15, -0.1) is 4.36 Å². The van der Waals surface area contributed by atoms with Crippen LogP contribution < -0.4 is 10.5 Å². The Labute approximate surface area is 173 Å². The van der Waals surface area contributed by atoms with Crippen LogP contribution in [0.3, 0.4) is 0 Å². The Morgan fingerprint density at radius 3 is 2.80 bits per heavy atom. The summed E-state index contributed by atoms with van der Waals surface area (Å²) in [6.07, 6.45) is 9.89. The third-order valence-electron chi connectivity index (χ3n) is 6.84. The van der Waals surface area contributed by atoms with Gasteiger partial charge in [0.15, 0.2) is 15.7 Å². The minimum atomic E-state index is -3.79. The van der Waals surface area contributed by atoms with Crippen molar-refractivity contribution in [2.24, 2.45) is 9.50 Å². The molecule has 0 saturated heterocycles.